The maximum absolute atomic E-state index is 12.7. The summed E-state index contributed by atoms with van der Waals surface area (Å²) in [5.74, 6) is -0.303. The Morgan fingerprint density at radius 1 is 1.48 bits per heavy atom. The van der Waals surface area contributed by atoms with Crippen molar-refractivity contribution in [3.63, 3.8) is 0 Å². The molecule has 0 bridgehead atoms. The van der Waals surface area contributed by atoms with Crippen LogP contribution in [0, 0.1) is 0 Å². The van der Waals surface area contributed by atoms with Crippen molar-refractivity contribution in [2.45, 2.75) is 11.1 Å². The minimum absolute atomic E-state index is 0.0405. The second-order valence-corrected chi connectivity index (χ2v) is 7.52. The molecule has 1 atom stereocenters. The van der Waals surface area contributed by atoms with Crippen molar-refractivity contribution < 1.29 is 13.2 Å². The molecule has 9 heteroatoms. The predicted octanol–water partition coefficient (Wildman–Crippen LogP) is 0.343. The van der Waals surface area contributed by atoms with Crippen molar-refractivity contribution in [3.05, 3.63) is 34.9 Å². The van der Waals surface area contributed by atoms with Gasteiger partial charge in [-0.3, -0.25) is 4.79 Å². The van der Waals surface area contributed by atoms with E-state index >= 15 is 0 Å². The number of aromatic nitrogens is 2. The summed E-state index contributed by atoms with van der Waals surface area (Å²) in [5.41, 5.74) is 0. The average Bonchev–Trinajstić information content (AvgIpc) is 3.09. The van der Waals surface area contributed by atoms with Crippen LogP contribution in [0.15, 0.2) is 35.1 Å². The number of carbonyl (C=O) groups excluding carboxylic acids is 1. The molecule has 1 amide bonds. The fraction of sp³-hybridized carbons (Fsp3) is 0.333. The molecule has 0 saturated carbocycles. The number of rotatable bonds is 3. The lowest BCUT2D eigenvalue weighted by Gasteiger charge is -2.32. The molecule has 21 heavy (non-hydrogen) atoms. The highest BCUT2D eigenvalue weighted by atomic mass is 32.2. The molecular weight excluding hydrogens is 312 g/mol. The SMILES string of the molecule is Cn1cnc(S(=O)(=O)N2CCNC(=O)C2c2cccs2)c1. The molecule has 1 fully saturated rings. The summed E-state index contributed by atoms with van der Waals surface area (Å²) in [6.45, 7) is 0.528. The lowest BCUT2D eigenvalue weighted by atomic mass is 10.2. The van der Waals surface area contributed by atoms with E-state index in [2.05, 4.69) is 10.3 Å². The summed E-state index contributed by atoms with van der Waals surface area (Å²) < 4.78 is 28.2. The maximum Gasteiger partial charge on any atom is 0.263 e. The number of thiophene rings is 1. The molecule has 1 N–H and O–H groups in total. The minimum Gasteiger partial charge on any atom is -0.353 e. The van der Waals surface area contributed by atoms with Gasteiger partial charge in [0.2, 0.25) is 5.91 Å². The number of nitrogens with one attached hydrogen (secondary N) is 1. The zero-order valence-electron chi connectivity index (χ0n) is 11.3. The van der Waals surface area contributed by atoms with Crippen LogP contribution in [0.25, 0.3) is 0 Å². The molecule has 1 saturated heterocycles. The van der Waals surface area contributed by atoms with Crippen LogP contribution in [0.5, 0.6) is 0 Å². The Hall–Kier alpha value is -1.71. The third kappa shape index (κ3) is 2.47. The standard InChI is InChI=1S/C12H14N4O3S2/c1-15-7-10(14-8-15)21(18,19)16-5-4-13-12(17)11(16)9-3-2-6-20-9/h2-3,6-8,11H,4-5H2,1H3,(H,13,17). The van der Waals surface area contributed by atoms with Gasteiger partial charge in [0, 0.05) is 31.2 Å². The predicted molar refractivity (Wildman–Crippen MR) is 77.2 cm³/mol. The van der Waals surface area contributed by atoms with E-state index < -0.39 is 16.1 Å². The van der Waals surface area contributed by atoms with E-state index in [0.29, 0.717) is 11.4 Å². The number of amides is 1. The summed E-state index contributed by atoms with van der Waals surface area (Å²) in [5, 5.41) is 4.50. The first kappa shape index (κ1) is 14.2. The summed E-state index contributed by atoms with van der Waals surface area (Å²) in [6, 6.07) is 2.74. The second-order valence-electron chi connectivity index (χ2n) is 4.70. The number of hydrogen-bond donors (Lipinski definition) is 1. The van der Waals surface area contributed by atoms with E-state index in [9.17, 15) is 13.2 Å². The highest BCUT2D eigenvalue weighted by molar-refractivity contribution is 7.89. The zero-order chi connectivity index (χ0) is 15.0. The Bertz CT molecular complexity index is 751. The summed E-state index contributed by atoms with van der Waals surface area (Å²) in [4.78, 5) is 16.8. The summed E-state index contributed by atoms with van der Waals surface area (Å²) in [6.07, 6.45) is 2.87. The Morgan fingerprint density at radius 2 is 2.29 bits per heavy atom. The highest BCUT2D eigenvalue weighted by Gasteiger charge is 2.40. The van der Waals surface area contributed by atoms with Crippen molar-refractivity contribution in [2.24, 2.45) is 7.05 Å². The molecule has 2 aromatic rings. The van der Waals surface area contributed by atoms with E-state index in [1.54, 1.807) is 23.7 Å². The fourth-order valence-corrected chi connectivity index (χ4v) is 4.70. The van der Waals surface area contributed by atoms with Gasteiger partial charge in [-0.05, 0) is 11.4 Å². The summed E-state index contributed by atoms with van der Waals surface area (Å²) >= 11 is 1.36. The molecule has 1 aliphatic rings. The van der Waals surface area contributed by atoms with Gasteiger partial charge in [-0.15, -0.1) is 11.3 Å². The Morgan fingerprint density at radius 3 is 2.90 bits per heavy atom. The molecule has 2 aromatic heterocycles. The van der Waals surface area contributed by atoms with E-state index in [0.717, 1.165) is 0 Å². The van der Waals surface area contributed by atoms with Crippen LogP contribution in [-0.4, -0.2) is 41.3 Å². The number of imidazole rings is 1. The first-order valence-electron chi connectivity index (χ1n) is 6.31. The zero-order valence-corrected chi connectivity index (χ0v) is 12.9. The number of aryl methyl sites for hydroxylation is 1. The molecule has 1 aliphatic heterocycles. The second kappa shape index (κ2) is 5.24. The largest absolute Gasteiger partial charge is 0.353 e. The van der Waals surface area contributed by atoms with E-state index in [4.69, 9.17) is 0 Å². The van der Waals surface area contributed by atoms with E-state index in [-0.39, 0.29) is 17.5 Å². The van der Waals surface area contributed by atoms with E-state index in [1.165, 1.54) is 28.2 Å². The Labute approximate surface area is 126 Å². The van der Waals surface area contributed by atoms with Gasteiger partial charge in [0.1, 0.15) is 6.04 Å². The molecule has 1 unspecified atom stereocenters. The molecule has 7 nitrogen and oxygen atoms in total. The smallest absolute Gasteiger partial charge is 0.263 e. The van der Waals surface area contributed by atoms with Crippen LogP contribution >= 0.6 is 11.3 Å². The van der Waals surface area contributed by atoms with Gasteiger partial charge in [-0.1, -0.05) is 6.07 Å². The van der Waals surface area contributed by atoms with Crippen molar-refractivity contribution >= 4 is 27.3 Å². The first-order valence-corrected chi connectivity index (χ1v) is 8.63. The van der Waals surface area contributed by atoms with Crippen molar-refractivity contribution in [2.75, 3.05) is 13.1 Å². The average molecular weight is 326 g/mol. The van der Waals surface area contributed by atoms with Gasteiger partial charge in [0.05, 0.1) is 6.33 Å². The van der Waals surface area contributed by atoms with Gasteiger partial charge >= 0.3 is 0 Å². The number of nitrogens with zero attached hydrogens (tertiary/aromatic N) is 3. The van der Waals surface area contributed by atoms with E-state index in [1.807, 2.05) is 5.38 Å². The van der Waals surface area contributed by atoms with Gasteiger partial charge in [0.25, 0.3) is 10.0 Å². The van der Waals surface area contributed by atoms with Gasteiger partial charge in [-0.25, -0.2) is 13.4 Å². The number of sulfonamides is 1. The van der Waals surface area contributed by atoms with Crippen LogP contribution in [0.3, 0.4) is 0 Å². The lowest BCUT2D eigenvalue weighted by Crippen LogP contribution is -2.51. The van der Waals surface area contributed by atoms with Crippen molar-refractivity contribution in [3.8, 4) is 0 Å². The number of piperazine rings is 1. The van der Waals surface area contributed by atoms with Crippen LogP contribution < -0.4 is 5.32 Å². The highest BCUT2D eigenvalue weighted by Crippen LogP contribution is 2.31. The van der Waals surface area contributed by atoms with Crippen LogP contribution in [0.1, 0.15) is 10.9 Å². The molecule has 112 valence electrons. The first-order chi connectivity index (χ1) is 10.00. The number of hydrogen-bond acceptors (Lipinski definition) is 5. The molecule has 3 rings (SSSR count). The van der Waals surface area contributed by atoms with Gasteiger partial charge < -0.3 is 9.88 Å². The van der Waals surface area contributed by atoms with Crippen LogP contribution in [0.2, 0.25) is 0 Å². The summed E-state index contributed by atoms with van der Waals surface area (Å²) in [7, 11) is -2.10. The molecule has 0 radical (unpaired) electrons. The molecule has 0 aromatic carbocycles. The monoisotopic (exact) mass is 326 g/mol. The maximum atomic E-state index is 12.7. The normalized spacial score (nSPS) is 20.4. The fourth-order valence-electron chi connectivity index (χ4n) is 2.26. The Kier molecular flexibility index (Phi) is 3.56. The Balaban J connectivity index is 2.04. The number of carbonyl (C=O) groups is 1. The van der Waals surface area contributed by atoms with Crippen LogP contribution in [0.4, 0.5) is 0 Å². The van der Waals surface area contributed by atoms with Crippen molar-refractivity contribution in [1.82, 2.24) is 19.2 Å². The van der Waals surface area contributed by atoms with Crippen LogP contribution in [-0.2, 0) is 21.9 Å². The molecule has 3 heterocycles. The molecular formula is C12H14N4O3S2. The lowest BCUT2D eigenvalue weighted by molar-refractivity contribution is -0.126. The van der Waals surface area contributed by atoms with Crippen molar-refractivity contribution in [1.29, 1.82) is 0 Å². The topological polar surface area (TPSA) is 84.3 Å². The third-order valence-electron chi connectivity index (χ3n) is 3.23. The van der Waals surface area contributed by atoms with Gasteiger partial charge in [-0.2, -0.15) is 4.31 Å². The van der Waals surface area contributed by atoms with Gasteiger partial charge in [0.15, 0.2) is 5.03 Å². The quantitative estimate of drug-likeness (QED) is 0.882. The molecule has 0 aliphatic carbocycles. The molecule has 0 spiro atoms. The third-order valence-corrected chi connectivity index (χ3v) is 5.91. The minimum atomic E-state index is -3.80.